The molecule has 0 unspecified atom stereocenters. The number of rotatable bonds is 22. The van der Waals surface area contributed by atoms with E-state index in [1.807, 2.05) is 206 Å². The van der Waals surface area contributed by atoms with Crippen molar-refractivity contribution in [2.24, 2.45) is 0 Å². The lowest BCUT2D eigenvalue weighted by atomic mass is 10.0. The Hall–Kier alpha value is -18.1. The molecule has 8 aromatic heterocycles. The number of nitrogens with one attached hydrogen (secondary N) is 8. The topological polar surface area (TPSA) is 308 Å². The molecular formula is C107H85N19O6. The van der Waals surface area contributed by atoms with Crippen molar-refractivity contribution >= 4 is 112 Å². The molecule has 0 saturated heterocycles. The summed E-state index contributed by atoms with van der Waals surface area (Å²) in [5.41, 5.74) is 22.8. The number of hydrogen-bond acceptors (Lipinski definition) is 21. The highest BCUT2D eigenvalue weighted by molar-refractivity contribution is 6.08. The molecule has 0 bridgehead atoms. The average molecular weight is 1730 g/mol. The van der Waals surface area contributed by atoms with Crippen LogP contribution in [0.4, 0.5) is 45.9 Å². The first kappa shape index (κ1) is 83.4. The summed E-state index contributed by atoms with van der Waals surface area (Å²) in [6.45, 7) is 0. The van der Waals surface area contributed by atoms with Crippen LogP contribution < -0.4 is 49.7 Å². The molecule has 0 amide bonds. The molecule has 8 N–H and O–H groups in total. The van der Waals surface area contributed by atoms with Crippen LogP contribution in [0.25, 0.3) is 155 Å². The Balaban J connectivity index is 0.000000114. The van der Waals surface area contributed by atoms with E-state index in [4.69, 9.17) is 28.4 Å². The van der Waals surface area contributed by atoms with Crippen molar-refractivity contribution in [2.75, 3.05) is 63.9 Å². The third kappa shape index (κ3) is 17.7. The summed E-state index contributed by atoms with van der Waals surface area (Å²) in [5, 5.41) is 52.2. The molecule has 0 aliphatic carbocycles. The lowest BCUT2D eigenvalue weighted by Gasteiger charge is -2.14. The van der Waals surface area contributed by atoms with Gasteiger partial charge < -0.3 is 49.7 Å². The van der Waals surface area contributed by atoms with Gasteiger partial charge in [-0.05, 0) is 163 Å². The van der Waals surface area contributed by atoms with Gasteiger partial charge in [0.1, 0.15) is 70.9 Å². The number of nitrogens with zero attached hydrogens (tertiary/aromatic N) is 11. The Morgan fingerprint density at radius 2 is 0.576 bits per heavy atom. The highest BCUT2D eigenvalue weighted by Gasteiger charge is 2.24. The fraction of sp³-hybridized carbons (Fsp3) is 0.0561. The van der Waals surface area contributed by atoms with Crippen molar-refractivity contribution < 1.29 is 28.4 Å². The van der Waals surface area contributed by atoms with E-state index in [1.54, 1.807) is 48.9 Å². The molecule has 25 heteroatoms. The number of pyridine rings is 1. The molecule has 0 aliphatic heterocycles. The van der Waals surface area contributed by atoms with Crippen LogP contribution in [0.5, 0.6) is 34.5 Å². The summed E-state index contributed by atoms with van der Waals surface area (Å²) >= 11 is 0. The Kier molecular flexibility index (Phi) is 24.2. The van der Waals surface area contributed by atoms with Crippen LogP contribution in [0.3, 0.4) is 0 Å². The van der Waals surface area contributed by atoms with Gasteiger partial charge >= 0.3 is 0 Å². The summed E-state index contributed by atoms with van der Waals surface area (Å²) in [6.07, 6.45) is 6.28. The van der Waals surface area contributed by atoms with E-state index in [-0.39, 0.29) is 0 Å². The van der Waals surface area contributed by atoms with E-state index >= 15 is 0 Å². The summed E-state index contributed by atoms with van der Waals surface area (Å²) in [5.74, 6) is 6.42. The Morgan fingerprint density at radius 3 is 1.03 bits per heavy atom. The predicted octanol–water partition coefficient (Wildman–Crippen LogP) is 24.7. The fourth-order valence-corrected chi connectivity index (χ4v) is 16.0. The lowest BCUT2D eigenvalue weighted by molar-refractivity contribution is 0.415. The Morgan fingerprint density at radius 1 is 0.220 bits per heavy atom. The summed E-state index contributed by atoms with van der Waals surface area (Å²) in [6, 6.07) is 112. The quantitative estimate of drug-likeness (QED) is 0.0313. The monoisotopic (exact) mass is 1730 g/mol. The predicted molar refractivity (Wildman–Crippen MR) is 526 cm³/mol. The molecule has 25 nitrogen and oxygen atoms in total. The molecule has 22 rings (SSSR count). The normalized spacial score (nSPS) is 11.0. The summed E-state index contributed by atoms with van der Waals surface area (Å²) in [7, 11) is 9.95. The van der Waals surface area contributed by atoms with E-state index in [1.165, 1.54) is 24.4 Å². The number of hydrogen-bond donors (Lipinski definition) is 8. The Bertz CT molecular complexity index is 7820. The number of aromatic amines is 4. The summed E-state index contributed by atoms with van der Waals surface area (Å²) < 4.78 is 33.2. The standard InChI is InChI=1S/2C28H21N5O.C26H22N4O2.C25H21N5O2/c1-34-24-15-14-20(18-8-3-2-4-9-18)16-23(24)31-27-25-26(32-33-28(25)30-17-29-27)22-13-7-11-19-10-5-6-12-21(19)22;1-34-24-14-13-21(18-7-3-2-4-8-18)16-23(24)31-27-25-26(32-33-28(25)30-17-29-27)22-12-11-19-9-5-6-10-20(19)15-22;1-31-20-11-8-18(9-12-20)25-24-21(14-15-27-26(24)30-29-25)28-22-16-19(10-13-23(22)32-2)17-6-4-3-5-7-17;1-31-19-10-6-9-18(13-19)23-22-24(26-15-27-25(22)30-29-23)28-20-14-17(11-12-21(20)32-2)16-7-4-3-5-8-16/h2*2-17H,1H3,(H2,29,30,31,32,33);3-16H,1-2H3,(H2,27,28,29,30);3-15H,1-2H3,(H2,26,27,28,29,30). The van der Waals surface area contributed by atoms with Crippen LogP contribution in [0.2, 0.25) is 0 Å². The third-order valence-corrected chi connectivity index (χ3v) is 22.6. The SMILES string of the molecule is COc1ccc(-c2[nH]nc3nccc(Nc4cc(-c5ccccc5)ccc4OC)c23)cc1.COc1ccc(-c2ccccc2)cc1Nc1ncnc2n[nH]c(-c3ccc4ccccc4c3)c12.COc1ccc(-c2ccccc2)cc1Nc1ncnc2n[nH]c(-c3cccc4ccccc34)c12.COc1cccc(-c2[nH]nc3ncnc(Nc4cc(-c5ccccc5)ccc4OC)c23)c1. The minimum atomic E-state index is 0.568. The van der Waals surface area contributed by atoms with Gasteiger partial charge in [-0.25, -0.2) is 34.9 Å². The lowest BCUT2D eigenvalue weighted by Crippen LogP contribution is -1.99. The van der Waals surface area contributed by atoms with E-state index in [2.05, 4.69) is 224 Å². The number of aromatic nitrogens is 15. The second-order valence-corrected chi connectivity index (χ2v) is 30.4. The second-order valence-electron chi connectivity index (χ2n) is 30.4. The minimum absolute atomic E-state index is 0.568. The van der Waals surface area contributed by atoms with Gasteiger partial charge in [0.2, 0.25) is 0 Å². The minimum Gasteiger partial charge on any atom is -0.497 e. The van der Waals surface area contributed by atoms with E-state index in [9.17, 15) is 0 Å². The number of H-pyrrole nitrogens is 4. The zero-order valence-corrected chi connectivity index (χ0v) is 72.4. The molecule has 14 aromatic carbocycles. The molecule has 0 atom stereocenters. The van der Waals surface area contributed by atoms with Gasteiger partial charge in [0.05, 0.1) is 115 Å². The van der Waals surface area contributed by atoms with Crippen LogP contribution in [0, 0.1) is 0 Å². The van der Waals surface area contributed by atoms with Crippen LogP contribution in [-0.4, -0.2) is 118 Å². The van der Waals surface area contributed by atoms with Crippen molar-refractivity contribution in [3.05, 3.63) is 359 Å². The maximum atomic E-state index is 5.65. The van der Waals surface area contributed by atoms with Crippen molar-refractivity contribution in [1.29, 1.82) is 0 Å². The van der Waals surface area contributed by atoms with Crippen molar-refractivity contribution in [3.63, 3.8) is 0 Å². The first-order valence-corrected chi connectivity index (χ1v) is 42.3. The molecule has 0 radical (unpaired) electrons. The van der Waals surface area contributed by atoms with E-state index < -0.39 is 0 Å². The van der Waals surface area contributed by atoms with Gasteiger partial charge in [0.25, 0.3) is 0 Å². The molecule has 132 heavy (non-hydrogen) atoms. The molecular weight excluding hydrogens is 1650 g/mol. The molecule has 0 aliphatic rings. The fourth-order valence-electron chi connectivity index (χ4n) is 16.0. The number of methoxy groups -OCH3 is 6. The van der Waals surface area contributed by atoms with Crippen molar-refractivity contribution in [3.8, 4) is 124 Å². The van der Waals surface area contributed by atoms with E-state index in [0.717, 1.165) is 184 Å². The largest absolute Gasteiger partial charge is 0.497 e. The number of fused-ring (bicyclic) bond motifs is 6. The van der Waals surface area contributed by atoms with Gasteiger partial charge in [-0.2, -0.15) is 20.4 Å². The number of anilines is 8. The third-order valence-electron chi connectivity index (χ3n) is 22.6. The van der Waals surface area contributed by atoms with Gasteiger partial charge in [0, 0.05) is 28.5 Å². The average Bonchev–Trinajstić information content (AvgIpc) is 1.59. The van der Waals surface area contributed by atoms with Crippen molar-refractivity contribution in [1.82, 2.24) is 75.7 Å². The van der Waals surface area contributed by atoms with Crippen LogP contribution in [0.1, 0.15) is 0 Å². The smallest absolute Gasteiger partial charge is 0.186 e. The Labute approximate surface area is 758 Å². The maximum absolute atomic E-state index is 5.65. The van der Waals surface area contributed by atoms with Gasteiger partial charge in [0.15, 0.2) is 22.6 Å². The summed E-state index contributed by atoms with van der Waals surface area (Å²) in [4.78, 5) is 31.2. The maximum Gasteiger partial charge on any atom is 0.186 e. The zero-order chi connectivity index (χ0) is 89.6. The van der Waals surface area contributed by atoms with Crippen molar-refractivity contribution in [2.45, 2.75) is 0 Å². The molecule has 22 aromatic rings. The van der Waals surface area contributed by atoms with Gasteiger partial charge in [-0.1, -0.05) is 237 Å². The highest BCUT2D eigenvalue weighted by atomic mass is 16.5. The molecule has 0 spiro atoms. The van der Waals surface area contributed by atoms with Crippen LogP contribution in [0.15, 0.2) is 359 Å². The van der Waals surface area contributed by atoms with Gasteiger partial charge in [-0.15, -0.1) is 0 Å². The molecule has 0 saturated carbocycles. The molecule has 8 heterocycles. The first-order valence-electron chi connectivity index (χ1n) is 42.3. The first-order chi connectivity index (χ1) is 65.1. The van der Waals surface area contributed by atoms with Crippen LogP contribution in [-0.2, 0) is 0 Å². The van der Waals surface area contributed by atoms with Crippen LogP contribution >= 0.6 is 0 Å². The number of ether oxygens (including phenoxy) is 6. The second kappa shape index (κ2) is 38.4. The van der Waals surface area contributed by atoms with Gasteiger partial charge in [-0.3, -0.25) is 20.4 Å². The zero-order valence-electron chi connectivity index (χ0n) is 72.4. The van der Waals surface area contributed by atoms with E-state index in [0.29, 0.717) is 45.8 Å². The molecule has 644 valence electrons. The highest BCUT2D eigenvalue weighted by Crippen LogP contribution is 2.44. The number of benzene rings is 14. The molecule has 0 fully saturated rings.